The zero-order valence-corrected chi connectivity index (χ0v) is 13.2. The van der Waals surface area contributed by atoms with Gasteiger partial charge in [0.15, 0.2) is 11.5 Å². The summed E-state index contributed by atoms with van der Waals surface area (Å²) in [6.07, 6.45) is 4.00. The number of aromatic amines is 1. The number of hydrogen-bond donors (Lipinski definition) is 3. The third-order valence-corrected chi connectivity index (χ3v) is 3.46. The van der Waals surface area contributed by atoms with E-state index in [-0.39, 0.29) is 11.6 Å². The molecule has 0 saturated heterocycles. The van der Waals surface area contributed by atoms with Crippen LogP contribution in [0, 0.1) is 0 Å². The number of fused-ring (bicyclic) bond motifs is 1. The Morgan fingerprint density at radius 1 is 1.48 bits per heavy atom. The maximum atomic E-state index is 11.6. The molecular formula is C16H20N4O3. The van der Waals surface area contributed by atoms with Gasteiger partial charge in [-0.2, -0.15) is 5.10 Å². The van der Waals surface area contributed by atoms with Gasteiger partial charge in [0.25, 0.3) is 0 Å². The number of anilines is 1. The number of para-hydroxylation sites is 1. The Morgan fingerprint density at radius 3 is 3.13 bits per heavy atom. The van der Waals surface area contributed by atoms with Gasteiger partial charge < -0.3 is 20.1 Å². The Labute approximate surface area is 134 Å². The Morgan fingerprint density at radius 2 is 2.35 bits per heavy atom. The molecule has 7 heteroatoms. The Kier molecular flexibility index (Phi) is 4.10. The standard InChI is InChI=1S/C16H20N4O3/c1-16(2)8-11-4-3-5-13(14(11)23-16)22-7-6-17-15(21)20-12-9-18-19-10-12/h3-5,9-10H,6-8H2,1-2H3,(H,18,19)(H2,17,20,21). The average Bonchev–Trinajstić information content (AvgIpc) is 3.09. The second-order valence-corrected chi connectivity index (χ2v) is 6.00. The Hall–Kier alpha value is -2.70. The van der Waals surface area contributed by atoms with Gasteiger partial charge in [0.1, 0.15) is 12.2 Å². The number of nitrogens with one attached hydrogen (secondary N) is 3. The minimum Gasteiger partial charge on any atom is -0.488 e. The van der Waals surface area contributed by atoms with Crippen molar-refractivity contribution in [2.24, 2.45) is 0 Å². The summed E-state index contributed by atoms with van der Waals surface area (Å²) in [6.45, 7) is 4.85. The minimum absolute atomic E-state index is 0.204. The molecule has 7 nitrogen and oxygen atoms in total. The van der Waals surface area contributed by atoms with E-state index in [0.717, 1.165) is 17.7 Å². The molecule has 1 aromatic carbocycles. The number of urea groups is 1. The van der Waals surface area contributed by atoms with E-state index in [1.54, 1.807) is 6.20 Å². The molecule has 2 heterocycles. The maximum absolute atomic E-state index is 11.6. The fourth-order valence-electron chi connectivity index (χ4n) is 2.52. The number of aromatic nitrogens is 2. The lowest BCUT2D eigenvalue weighted by Crippen LogP contribution is -2.32. The molecule has 1 aliphatic rings. The number of H-pyrrole nitrogens is 1. The number of hydrogen-bond acceptors (Lipinski definition) is 4. The van der Waals surface area contributed by atoms with E-state index >= 15 is 0 Å². The minimum atomic E-state index is -0.300. The zero-order valence-electron chi connectivity index (χ0n) is 13.2. The Bertz CT molecular complexity index is 683. The van der Waals surface area contributed by atoms with Gasteiger partial charge in [0.2, 0.25) is 0 Å². The molecule has 0 radical (unpaired) electrons. The smallest absolute Gasteiger partial charge is 0.319 e. The molecular weight excluding hydrogens is 296 g/mol. The van der Waals surface area contributed by atoms with Gasteiger partial charge >= 0.3 is 6.03 Å². The van der Waals surface area contributed by atoms with Crippen molar-refractivity contribution >= 4 is 11.7 Å². The average molecular weight is 316 g/mol. The number of carbonyl (C=O) groups is 1. The number of amides is 2. The van der Waals surface area contributed by atoms with E-state index in [1.165, 1.54) is 6.20 Å². The molecule has 122 valence electrons. The van der Waals surface area contributed by atoms with Crippen LogP contribution in [0.2, 0.25) is 0 Å². The molecule has 3 rings (SSSR count). The Balaban J connectivity index is 1.47. The van der Waals surface area contributed by atoms with Crippen LogP contribution in [0.5, 0.6) is 11.5 Å². The lowest BCUT2D eigenvalue weighted by Gasteiger charge is -2.18. The summed E-state index contributed by atoms with van der Waals surface area (Å²) in [5, 5.41) is 11.7. The van der Waals surface area contributed by atoms with Crippen molar-refractivity contribution in [3.63, 3.8) is 0 Å². The lowest BCUT2D eigenvalue weighted by molar-refractivity contribution is 0.132. The first kappa shape index (κ1) is 15.2. The summed E-state index contributed by atoms with van der Waals surface area (Å²) in [5.41, 5.74) is 1.56. The highest BCUT2D eigenvalue weighted by molar-refractivity contribution is 5.88. The number of rotatable bonds is 5. The van der Waals surface area contributed by atoms with E-state index in [9.17, 15) is 4.79 Å². The fraction of sp³-hybridized carbons (Fsp3) is 0.375. The molecule has 0 atom stereocenters. The van der Waals surface area contributed by atoms with Crippen molar-refractivity contribution in [1.29, 1.82) is 0 Å². The van der Waals surface area contributed by atoms with Gasteiger partial charge in [-0.3, -0.25) is 5.10 Å². The third-order valence-electron chi connectivity index (χ3n) is 3.46. The van der Waals surface area contributed by atoms with Gasteiger partial charge in [-0.15, -0.1) is 0 Å². The van der Waals surface area contributed by atoms with Crippen LogP contribution < -0.4 is 20.1 Å². The van der Waals surface area contributed by atoms with Gasteiger partial charge in [-0.05, 0) is 19.9 Å². The number of ether oxygens (including phenoxy) is 2. The van der Waals surface area contributed by atoms with Crippen LogP contribution in [0.25, 0.3) is 0 Å². The lowest BCUT2D eigenvalue weighted by atomic mass is 10.0. The third kappa shape index (κ3) is 3.74. The normalized spacial score (nSPS) is 14.7. The first-order valence-electron chi connectivity index (χ1n) is 7.51. The predicted molar refractivity (Wildman–Crippen MR) is 86.0 cm³/mol. The second-order valence-electron chi connectivity index (χ2n) is 6.00. The summed E-state index contributed by atoms with van der Waals surface area (Å²) in [4.78, 5) is 11.6. The van der Waals surface area contributed by atoms with E-state index in [1.807, 2.05) is 18.2 Å². The van der Waals surface area contributed by atoms with Crippen molar-refractivity contribution in [1.82, 2.24) is 15.5 Å². The van der Waals surface area contributed by atoms with Gasteiger partial charge in [0, 0.05) is 18.2 Å². The summed E-state index contributed by atoms with van der Waals surface area (Å²) >= 11 is 0. The molecule has 0 aliphatic carbocycles. The van der Waals surface area contributed by atoms with Crippen LogP contribution in [0.3, 0.4) is 0 Å². The van der Waals surface area contributed by atoms with Crippen LogP contribution >= 0.6 is 0 Å². The van der Waals surface area contributed by atoms with Crippen LogP contribution in [-0.4, -0.2) is 35.0 Å². The van der Waals surface area contributed by atoms with E-state index in [4.69, 9.17) is 9.47 Å². The van der Waals surface area contributed by atoms with Gasteiger partial charge in [-0.25, -0.2) is 4.79 Å². The zero-order chi connectivity index (χ0) is 16.3. The molecule has 0 fully saturated rings. The summed E-state index contributed by atoms with van der Waals surface area (Å²) in [7, 11) is 0. The molecule has 1 aliphatic heterocycles. The number of benzene rings is 1. The summed E-state index contributed by atoms with van der Waals surface area (Å²) in [5.74, 6) is 1.52. The fourth-order valence-corrected chi connectivity index (χ4v) is 2.52. The van der Waals surface area contributed by atoms with Crippen molar-refractivity contribution in [2.75, 3.05) is 18.5 Å². The molecule has 0 saturated carbocycles. The van der Waals surface area contributed by atoms with Crippen molar-refractivity contribution in [3.05, 3.63) is 36.2 Å². The topological polar surface area (TPSA) is 88.3 Å². The quantitative estimate of drug-likeness (QED) is 0.739. The first-order chi connectivity index (χ1) is 11.0. The first-order valence-corrected chi connectivity index (χ1v) is 7.51. The second kappa shape index (κ2) is 6.20. The van der Waals surface area contributed by atoms with Gasteiger partial charge in [0.05, 0.1) is 18.4 Å². The monoisotopic (exact) mass is 316 g/mol. The molecule has 23 heavy (non-hydrogen) atoms. The molecule has 3 N–H and O–H groups in total. The highest BCUT2D eigenvalue weighted by atomic mass is 16.5. The summed E-state index contributed by atoms with van der Waals surface area (Å²) < 4.78 is 11.7. The number of nitrogens with zero attached hydrogens (tertiary/aromatic N) is 1. The predicted octanol–water partition coefficient (Wildman–Crippen LogP) is 2.32. The SMILES string of the molecule is CC1(C)Cc2cccc(OCCNC(=O)Nc3cn[nH]c3)c2O1. The van der Waals surface area contributed by atoms with Gasteiger partial charge in [-0.1, -0.05) is 12.1 Å². The molecule has 0 spiro atoms. The van der Waals surface area contributed by atoms with Crippen LogP contribution in [-0.2, 0) is 6.42 Å². The largest absolute Gasteiger partial charge is 0.488 e. The van der Waals surface area contributed by atoms with Crippen molar-refractivity contribution in [2.45, 2.75) is 25.9 Å². The van der Waals surface area contributed by atoms with Crippen LogP contribution in [0.1, 0.15) is 19.4 Å². The van der Waals surface area contributed by atoms with E-state index in [2.05, 4.69) is 34.7 Å². The van der Waals surface area contributed by atoms with E-state index in [0.29, 0.717) is 24.6 Å². The molecule has 0 unspecified atom stereocenters. The maximum Gasteiger partial charge on any atom is 0.319 e. The molecule has 1 aromatic heterocycles. The highest BCUT2D eigenvalue weighted by Gasteiger charge is 2.32. The van der Waals surface area contributed by atoms with Crippen molar-refractivity contribution < 1.29 is 14.3 Å². The molecule has 2 aromatic rings. The molecule has 2 amide bonds. The van der Waals surface area contributed by atoms with E-state index < -0.39 is 0 Å². The number of carbonyl (C=O) groups excluding carboxylic acids is 1. The van der Waals surface area contributed by atoms with Crippen molar-refractivity contribution in [3.8, 4) is 11.5 Å². The summed E-state index contributed by atoms with van der Waals surface area (Å²) in [6, 6.07) is 5.59. The molecule has 0 bridgehead atoms. The highest BCUT2D eigenvalue weighted by Crippen LogP contribution is 2.41. The van der Waals surface area contributed by atoms with Crippen LogP contribution in [0.4, 0.5) is 10.5 Å². The van der Waals surface area contributed by atoms with Crippen LogP contribution in [0.15, 0.2) is 30.6 Å².